The van der Waals surface area contributed by atoms with E-state index in [4.69, 9.17) is 21.1 Å². The maximum absolute atomic E-state index is 13.1. The number of likely N-dealkylation sites (tertiary alicyclic amines) is 1. The van der Waals surface area contributed by atoms with Gasteiger partial charge < -0.3 is 14.4 Å². The summed E-state index contributed by atoms with van der Waals surface area (Å²) in [6, 6.07) is 4.32. The highest BCUT2D eigenvalue weighted by atomic mass is 35.5. The maximum Gasteiger partial charge on any atom is 0.243 e. The predicted octanol–water partition coefficient (Wildman–Crippen LogP) is 1.29. The zero-order valence-corrected chi connectivity index (χ0v) is 18.4. The number of methoxy groups -OCH3 is 2. The third-order valence-corrected chi connectivity index (χ3v) is 7.72. The number of halogens is 1. The molecular formula is C19H28ClN3O5S. The molecule has 0 N–H and O–H groups in total. The van der Waals surface area contributed by atoms with E-state index in [9.17, 15) is 13.2 Å². The van der Waals surface area contributed by atoms with Crippen LogP contribution in [0.15, 0.2) is 23.1 Å². The molecule has 2 aliphatic heterocycles. The molecule has 0 aliphatic carbocycles. The van der Waals surface area contributed by atoms with Crippen LogP contribution in [-0.2, 0) is 19.6 Å². The number of hydrogen-bond acceptors (Lipinski definition) is 6. The van der Waals surface area contributed by atoms with Crippen molar-refractivity contribution in [1.82, 2.24) is 14.1 Å². The van der Waals surface area contributed by atoms with E-state index in [2.05, 4.69) is 4.90 Å². The molecule has 1 atom stereocenters. The summed E-state index contributed by atoms with van der Waals surface area (Å²) in [6.07, 6.45) is 1.44. The lowest BCUT2D eigenvalue weighted by Gasteiger charge is -2.26. The molecule has 2 saturated heterocycles. The lowest BCUT2D eigenvalue weighted by molar-refractivity contribution is -0.132. The molecule has 1 aromatic rings. The number of carbonyl (C=O) groups excluding carboxylic acids is 1. The van der Waals surface area contributed by atoms with Gasteiger partial charge in [-0.2, -0.15) is 4.31 Å². The number of benzene rings is 1. The van der Waals surface area contributed by atoms with Gasteiger partial charge >= 0.3 is 0 Å². The summed E-state index contributed by atoms with van der Waals surface area (Å²) >= 11 is 6.11. The molecule has 0 radical (unpaired) electrons. The fourth-order valence-corrected chi connectivity index (χ4v) is 5.73. The van der Waals surface area contributed by atoms with Crippen molar-refractivity contribution in [2.45, 2.75) is 23.8 Å². The summed E-state index contributed by atoms with van der Waals surface area (Å²) in [5.74, 6) is 0.547. The largest absolute Gasteiger partial charge is 0.495 e. The van der Waals surface area contributed by atoms with E-state index in [-0.39, 0.29) is 21.9 Å². The Balaban J connectivity index is 1.66. The quantitative estimate of drug-likeness (QED) is 0.629. The number of carbonyl (C=O) groups is 1. The Bertz CT molecular complexity index is 835. The van der Waals surface area contributed by atoms with Crippen LogP contribution in [-0.4, -0.2) is 94.6 Å². The molecule has 0 bridgehead atoms. The van der Waals surface area contributed by atoms with Crippen molar-refractivity contribution < 1.29 is 22.7 Å². The molecule has 2 heterocycles. The van der Waals surface area contributed by atoms with Gasteiger partial charge in [0.1, 0.15) is 5.75 Å². The zero-order chi connectivity index (χ0) is 21.0. The Morgan fingerprint density at radius 1 is 1.14 bits per heavy atom. The summed E-state index contributed by atoms with van der Waals surface area (Å²) in [4.78, 5) is 16.8. The van der Waals surface area contributed by atoms with Crippen molar-refractivity contribution in [1.29, 1.82) is 0 Å². The van der Waals surface area contributed by atoms with Gasteiger partial charge in [0.25, 0.3) is 0 Å². The van der Waals surface area contributed by atoms with Gasteiger partial charge in [-0.15, -0.1) is 0 Å². The first-order valence-corrected chi connectivity index (χ1v) is 11.6. The average molecular weight is 446 g/mol. The molecule has 1 unspecified atom stereocenters. The average Bonchev–Trinajstić information content (AvgIpc) is 2.91. The molecule has 2 fully saturated rings. The van der Waals surface area contributed by atoms with Gasteiger partial charge in [-0.3, -0.25) is 9.69 Å². The molecule has 1 amide bonds. The lowest BCUT2D eigenvalue weighted by Crippen LogP contribution is -2.44. The summed E-state index contributed by atoms with van der Waals surface area (Å²) in [7, 11) is -0.553. The van der Waals surface area contributed by atoms with Gasteiger partial charge in [0.15, 0.2) is 0 Å². The molecule has 3 rings (SSSR count). The fourth-order valence-electron chi connectivity index (χ4n) is 3.91. The Kier molecular flexibility index (Phi) is 7.39. The molecule has 0 spiro atoms. The number of amides is 1. The first kappa shape index (κ1) is 22.3. The van der Waals surface area contributed by atoms with Gasteiger partial charge in [0.05, 0.1) is 29.7 Å². The number of ether oxygens (including phenoxy) is 2. The maximum atomic E-state index is 13.1. The SMILES string of the molecule is COCCN1CCC(N2CCCN(S(=O)(=O)c3ccc(OC)c(Cl)c3)CC2)C1=O. The first-order valence-electron chi connectivity index (χ1n) is 9.74. The Hall–Kier alpha value is -1.39. The van der Waals surface area contributed by atoms with Crippen molar-refractivity contribution in [2.24, 2.45) is 0 Å². The van der Waals surface area contributed by atoms with Crippen molar-refractivity contribution in [3.05, 3.63) is 23.2 Å². The van der Waals surface area contributed by atoms with Gasteiger partial charge in [-0.25, -0.2) is 8.42 Å². The van der Waals surface area contributed by atoms with E-state index < -0.39 is 10.0 Å². The number of nitrogens with zero attached hydrogens (tertiary/aromatic N) is 3. The second-order valence-corrected chi connectivity index (χ2v) is 9.56. The summed E-state index contributed by atoms with van der Waals surface area (Å²) in [6.45, 7) is 3.81. The summed E-state index contributed by atoms with van der Waals surface area (Å²) in [5, 5.41) is 0.262. The minimum atomic E-state index is -3.66. The molecule has 29 heavy (non-hydrogen) atoms. The van der Waals surface area contributed by atoms with E-state index in [1.807, 2.05) is 4.90 Å². The molecule has 10 heteroatoms. The smallest absolute Gasteiger partial charge is 0.243 e. The monoisotopic (exact) mass is 445 g/mol. The first-order chi connectivity index (χ1) is 13.9. The normalized spacial score (nSPS) is 22.1. The van der Waals surface area contributed by atoms with Crippen LogP contribution in [0.5, 0.6) is 5.75 Å². The molecule has 2 aliphatic rings. The van der Waals surface area contributed by atoms with Crippen LogP contribution in [0.2, 0.25) is 5.02 Å². The molecular weight excluding hydrogens is 418 g/mol. The molecule has 0 aromatic heterocycles. The van der Waals surface area contributed by atoms with Crippen molar-refractivity contribution >= 4 is 27.5 Å². The lowest BCUT2D eigenvalue weighted by atomic mass is 10.2. The third kappa shape index (κ3) is 4.86. The standard InChI is InChI=1S/C19H28ClN3O5S/c1-27-13-12-22-9-6-17(19(22)24)21-7-3-8-23(11-10-21)29(25,26)15-4-5-18(28-2)16(20)14-15/h4-5,14,17H,3,6-13H2,1-2H3. The topological polar surface area (TPSA) is 79.4 Å². The van der Waals surface area contributed by atoms with Crippen LogP contribution in [0.25, 0.3) is 0 Å². The van der Waals surface area contributed by atoms with E-state index in [1.54, 1.807) is 13.2 Å². The van der Waals surface area contributed by atoms with Crippen LogP contribution in [0.1, 0.15) is 12.8 Å². The van der Waals surface area contributed by atoms with Gasteiger partial charge in [0.2, 0.25) is 15.9 Å². The van der Waals surface area contributed by atoms with E-state index in [0.717, 1.165) is 13.0 Å². The minimum Gasteiger partial charge on any atom is -0.495 e. The van der Waals surface area contributed by atoms with E-state index >= 15 is 0 Å². The Morgan fingerprint density at radius 2 is 1.93 bits per heavy atom. The third-order valence-electron chi connectivity index (χ3n) is 5.53. The summed E-state index contributed by atoms with van der Waals surface area (Å²) in [5.41, 5.74) is 0. The van der Waals surface area contributed by atoms with Crippen molar-refractivity contribution in [2.75, 3.05) is 60.1 Å². The number of sulfonamides is 1. The van der Waals surface area contributed by atoms with E-state index in [0.29, 0.717) is 51.5 Å². The minimum absolute atomic E-state index is 0.111. The molecule has 162 valence electrons. The van der Waals surface area contributed by atoms with E-state index in [1.165, 1.54) is 23.5 Å². The summed E-state index contributed by atoms with van der Waals surface area (Å²) < 4.78 is 37.8. The Labute approximate surface area is 177 Å². The number of rotatable bonds is 7. The highest BCUT2D eigenvalue weighted by Gasteiger charge is 2.37. The molecule has 0 saturated carbocycles. The fraction of sp³-hybridized carbons (Fsp3) is 0.632. The second kappa shape index (κ2) is 9.61. The highest BCUT2D eigenvalue weighted by molar-refractivity contribution is 7.89. The van der Waals surface area contributed by atoms with Crippen LogP contribution in [0, 0.1) is 0 Å². The van der Waals surface area contributed by atoms with Crippen LogP contribution < -0.4 is 4.74 Å². The number of hydrogen-bond donors (Lipinski definition) is 0. The van der Waals surface area contributed by atoms with Crippen LogP contribution in [0.4, 0.5) is 0 Å². The van der Waals surface area contributed by atoms with Crippen molar-refractivity contribution in [3.63, 3.8) is 0 Å². The Morgan fingerprint density at radius 3 is 2.62 bits per heavy atom. The second-order valence-electron chi connectivity index (χ2n) is 7.21. The molecule has 1 aromatic carbocycles. The predicted molar refractivity (Wildman–Crippen MR) is 110 cm³/mol. The van der Waals surface area contributed by atoms with Gasteiger partial charge in [-0.1, -0.05) is 11.6 Å². The zero-order valence-electron chi connectivity index (χ0n) is 16.8. The molecule has 8 nitrogen and oxygen atoms in total. The van der Waals surface area contributed by atoms with Crippen molar-refractivity contribution in [3.8, 4) is 5.75 Å². The van der Waals surface area contributed by atoms with Gasteiger partial charge in [-0.05, 0) is 31.0 Å². The van der Waals surface area contributed by atoms with Crippen LogP contribution in [0.3, 0.4) is 0 Å². The van der Waals surface area contributed by atoms with Crippen LogP contribution >= 0.6 is 11.6 Å². The highest BCUT2D eigenvalue weighted by Crippen LogP contribution is 2.29. The van der Waals surface area contributed by atoms with Gasteiger partial charge in [0, 0.05) is 46.4 Å².